The van der Waals surface area contributed by atoms with E-state index in [-0.39, 0.29) is 17.4 Å². The molecule has 0 spiro atoms. The number of hydrogen-bond acceptors (Lipinski definition) is 5. The van der Waals surface area contributed by atoms with Crippen molar-refractivity contribution >= 4 is 39.9 Å². The van der Waals surface area contributed by atoms with E-state index >= 15 is 0 Å². The third kappa shape index (κ3) is 2.90. The molecule has 3 amide bonds. The van der Waals surface area contributed by atoms with Crippen LogP contribution in [0.3, 0.4) is 0 Å². The number of aryl methyl sites for hydroxylation is 3. The molecule has 0 atom stereocenters. The van der Waals surface area contributed by atoms with E-state index < -0.39 is 5.91 Å². The van der Waals surface area contributed by atoms with Crippen molar-refractivity contribution < 1.29 is 14.4 Å². The van der Waals surface area contributed by atoms with Gasteiger partial charge in [0.25, 0.3) is 17.7 Å². The summed E-state index contributed by atoms with van der Waals surface area (Å²) < 4.78 is 0. The molecule has 4 rings (SSSR count). The molecule has 140 valence electrons. The summed E-state index contributed by atoms with van der Waals surface area (Å²) in [6, 6.07) is 8.44. The van der Waals surface area contributed by atoms with Crippen LogP contribution in [0.5, 0.6) is 0 Å². The maximum atomic E-state index is 13.1. The highest BCUT2D eigenvalue weighted by atomic mass is 32.1. The summed E-state index contributed by atoms with van der Waals surface area (Å²) in [7, 11) is 0. The van der Waals surface area contributed by atoms with Gasteiger partial charge in [0.2, 0.25) is 0 Å². The molecule has 3 aromatic rings. The number of nitrogens with zero attached hydrogens (tertiary/aromatic N) is 2. The van der Waals surface area contributed by atoms with Crippen molar-refractivity contribution in [3.63, 3.8) is 0 Å². The number of amides is 3. The average molecular weight is 391 g/mol. The van der Waals surface area contributed by atoms with Gasteiger partial charge in [0, 0.05) is 17.1 Å². The predicted octanol–water partition coefficient (Wildman–Crippen LogP) is 4.12. The first-order valence-corrected chi connectivity index (χ1v) is 9.56. The molecule has 28 heavy (non-hydrogen) atoms. The molecule has 2 aromatic carbocycles. The minimum Gasteiger partial charge on any atom is -0.298 e. The molecule has 0 radical (unpaired) electrons. The molecule has 0 fully saturated rings. The number of hydrogen-bond donors (Lipinski definition) is 1. The second-order valence-electron chi connectivity index (χ2n) is 6.74. The number of fused-ring (bicyclic) bond motifs is 1. The van der Waals surface area contributed by atoms with Crippen molar-refractivity contribution in [1.29, 1.82) is 0 Å². The van der Waals surface area contributed by atoms with Crippen molar-refractivity contribution in [3.05, 3.63) is 75.3 Å². The minimum atomic E-state index is -0.418. The van der Waals surface area contributed by atoms with E-state index in [1.54, 1.807) is 17.6 Å². The fourth-order valence-electron chi connectivity index (χ4n) is 3.56. The summed E-state index contributed by atoms with van der Waals surface area (Å²) in [5, 5.41) is 4.91. The summed E-state index contributed by atoms with van der Waals surface area (Å²) in [6.07, 6.45) is 1.59. The lowest BCUT2D eigenvalue weighted by molar-refractivity contribution is 0.0925. The lowest BCUT2D eigenvalue weighted by atomic mass is 10.0. The number of imide groups is 1. The number of carbonyl (C=O) groups is 3. The number of rotatable bonds is 3. The normalized spacial score (nSPS) is 13.0. The van der Waals surface area contributed by atoms with Crippen LogP contribution in [-0.4, -0.2) is 22.7 Å². The van der Waals surface area contributed by atoms with Crippen LogP contribution in [0, 0.1) is 20.8 Å². The Morgan fingerprint density at radius 2 is 1.68 bits per heavy atom. The Hall–Kier alpha value is -3.32. The molecule has 0 bridgehead atoms. The zero-order chi connectivity index (χ0) is 20.0. The van der Waals surface area contributed by atoms with E-state index in [1.807, 2.05) is 32.9 Å². The van der Waals surface area contributed by atoms with Crippen LogP contribution < -0.4 is 10.2 Å². The third-order valence-corrected chi connectivity index (χ3v) is 5.35. The second-order valence-corrected chi connectivity index (χ2v) is 7.64. The van der Waals surface area contributed by atoms with Crippen molar-refractivity contribution in [3.8, 4) is 0 Å². The first-order valence-electron chi connectivity index (χ1n) is 8.68. The second kappa shape index (κ2) is 6.69. The van der Waals surface area contributed by atoms with Gasteiger partial charge in [-0.3, -0.25) is 19.7 Å². The van der Waals surface area contributed by atoms with Gasteiger partial charge in [0.15, 0.2) is 5.13 Å². The van der Waals surface area contributed by atoms with Crippen LogP contribution in [0.1, 0.15) is 47.8 Å². The summed E-state index contributed by atoms with van der Waals surface area (Å²) in [5.74, 6) is -1.17. The van der Waals surface area contributed by atoms with Crippen molar-refractivity contribution in [2.24, 2.45) is 0 Å². The summed E-state index contributed by atoms with van der Waals surface area (Å²) >= 11 is 1.30. The van der Waals surface area contributed by atoms with E-state index in [1.165, 1.54) is 28.4 Å². The van der Waals surface area contributed by atoms with E-state index in [0.29, 0.717) is 21.9 Å². The standard InChI is InChI=1S/C21H17N3O3S/c1-11-8-12(2)17(13(3)9-11)24-19(26)15-5-4-14(10-16(15)20(24)27)18(25)23-21-22-6-7-28-21/h4-10H,1-3H3,(H,22,23,25). The monoisotopic (exact) mass is 391 g/mol. The van der Waals surface area contributed by atoms with Gasteiger partial charge in [-0.1, -0.05) is 17.7 Å². The van der Waals surface area contributed by atoms with Gasteiger partial charge >= 0.3 is 0 Å². The average Bonchev–Trinajstić information content (AvgIpc) is 3.23. The lowest BCUT2D eigenvalue weighted by Gasteiger charge is -2.20. The fraction of sp³-hybridized carbons (Fsp3) is 0.143. The predicted molar refractivity (Wildman–Crippen MR) is 108 cm³/mol. The zero-order valence-corrected chi connectivity index (χ0v) is 16.4. The first kappa shape index (κ1) is 18.1. The lowest BCUT2D eigenvalue weighted by Crippen LogP contribution is -2.30. The largest absolute Gasteiger partial charge is 0.298 e. The van der Waals surface area contributed by atoms with Gasteiger partial charge < -0.3 is 0 Å². The Balaban J connectivity index is 1.71. The highest BCUT2D eigenvalue weighted by molar-refractivity contribution is 7.13. The highest BCUT2D eigenvalue weighted by Gasteiger charge is 2.38. The van der Waals surface area contributed by atoms with Crippen molar-refractivity contribution in [2.45, 2.75) is 20.8 Å². The highest BCUT2D eigenvalue weighted by Crippen LogP contribution is 2.34. The molecular weight excluding hydrogens is 374 g/mol. The smallest absolute Gasteiger partial charge is 0.266 e. The number of nitrogens with one attached hydrogen (secondary N) is 1. The molecule has 6 nitrogen and oxygen atoms in total. The Bertz CT molecular complexity index is 1110. The number of thiazole rings is 1. The van der Waals surface area contributed by atoms with Gasteiger partial charge in [0.1, 0.15) is 0 Å². The molecular formula is C21H17N3O3S. The molecule has 0 aliphatic carbocycles. The van der Waals surface area contributed by atoms with Gasteiger partial charge in [-0.2, -0.15) is 0 Å². The van der Waals surface area contributed by atoms with Crippen molar-refractivity contribution in [1.82, 2.24) is 4.98 Å². The summed E-state index contributed by atoms with van der Waals surface area (Å²) in [6.45, 7) is 5.73. The fourth-order valence-corrected chi connectivity index (χ4v) is 4.09. The molecule has 1 aromatic heterocycles. The van der Waals surface area contributed by atoms with Crippen LogP contribution in [-0.2, 0) is 0 Å². The van der Waals surface area contributed by atoms with Crippen molar-refractivity contribution in [2.75, 3.05) is 10.2 Å². The molecule has 7 heteroatoms. The Morgan fingerprint density at radius 1 is 1.00 bits per heavy atom. The van der Waals surface area contributed by atoms with Gasteiger partial charge in [-0.25, -0.2) is 9.88 Å². The summed E-state index contributed by atoms with van der Waals surface area (Å²) in [5.41, 5.74) is 4.21. The quantitative estimate of drug-likeness (QED) is 0.681. The van der Waals surface area contributed by atoms with Crippen LogP contribution in [0.25, 0.3) is 0 Å². The maximum absolute atomic E-state index is 13.1. The Kier molecular flexibility index (Phi) is 4.31. The Morgan fingerprint density at radius 3 is 2.32 bits per heavy atom. The number of aromatic nitrogens is 1. The molecule has 0 saturated carbocycles. The molecule has 0 saturated heterocycles. The van der Waals surface area contributed by atoms with Crippen LogP contribution >= 0.6 is 11.3 Å². The first-order chi connectivity index (χ1) is 13.4. The summed E-state index contributed by atoms with van der Waals surface area (Å²) in [4.78, 5) is 43.6. The van der Waals surface area contributed by atoms with E-state index in [9.17, 15) is 14.4 Å². The van der Waals surface area contributed by atoms with Gasteiger partial charge in [-0.05, 0) is 50.1 Å². The Labute approximate surface area is 165 Å². The number of anilines is 2. The third-order valence-electron chi connectivity index (χ3n) is 4.66. The molecule has 1 aliphatic heterocycles. The minimum absolute atomic E-state index is 0.233. The topological polar surface area (TPSA) is 79.4 Å². The SMILES string of the molecule is Cc1cc(C)c(N2C(=O)c3ccc(C(=O)Nc4nccs4)cc3C2=O)c(C)c1. The van der Waals surface area contributed by atoms with E-state index in [2.05, 4.69) is 10.3 Å². The van der Waals surface area contributed by atoms with Crippen LogP contribution in [0.4, 0.5) is 10.8 Å². The molecule has 1 aliphatic rings. The molecule has 2 heterocycles. The van der Waals surface area contributed by atoms with Crippen LogP contribution in [0.2, 0.25) is 0 Å². The van der Waals surface area contributed by atoms with Gasteiger partial charge in [0.05, 0.1) is 16.8 Å². The molecule has 0 unspecified atom stereocenters. The van der Waals surface area contributed by atoms with Crippen LogP contribution in [0.15, 0.2) is 41.9 Å². The number of carbonyl (C=O) groups excluding carboxylic acids is 3. The van der Waals surface area contributed by atoms with E-state index in [4.69, 9.17) is 0 Å². The molecule has 1 N–H and O–H groups in total. The van der Waals surface area contributed by atoms with E-state index in [0.717, 1.165) is 16.7 Å². The van der Waals surface area contributed by atoms with Gasteiger partial charge in [-0.15, -0.1) is 11.3 Å². The maximum Gasteiger partial charge on any atom is 0.266 e. The zero-order valence-electron chi connectivity index (χ0n) is 15.6. The number of benzene rings is 2.